The van der Waals surface area contributed by atoms with Gasteiger partial charge in [-0.05, 0) is 54.2 Å². The molecule has 27 heavy (non-hydrogen) atoms. The zero-order valence-electron chi connectivity index (χ0n) is 16.5. The summed E-state index contributed by atoms with van der Waals surface area (Å²) < 4.78 is 5.65. The van der Waals surface area contributed by atoms with Crippen molar-refractivity contribution >= 4 is 8.58 Å². The molecule has 3 aliphatic rings. The lowest BCUT2D eigenvalue weighted by Crippen LogP contribution is -2.14. The number of fused-ring (bicyclic) bond motifs is 3. The third-order valence-electron chi connectivity index (χ3n) is 6.26. The van der Waals surface area contributed by atoms with Gasteiger partial charge in [-0.2, -0.15) is 0 Å². The van der Waals surface area contributed by atoms with Gasteiger partial charge in [-0.25, -0.2) is 0 Å². The second kappa shape index (κ2) is 9.74. The molecule has 2 heteroatoms. The van der Waals surface area contributed by atoms with Crippen LogP contribution in [0.15, 0.2) is 48.5 Å². The molecule has 0 N–H and O–H groups in total. The molecule has 2 fully saturated rings. The van der Waals surface area contributed by atoms with Gasteiger partial charge in [-0.3, -0.25) is 0 Å². The van der Waals surface area contributed by atoms with E-state index in [1.165, 1.54) is 63.8 Å². The molecule has 0 bridgehead atoms. The van der Waals surface area contributed by atoms with Crippen LogP contribution >= 0.6 is 8.58 Å². The van der Waals surface area contributed by atoms with Gasteiger partial charge in [0.1, 0.15) is 12.4 Å². The molecule has 0 unspecified atom stereocenters. The quantitative estimate of drug-likeness (QED) is 0.488. The standard InChI is InChI=1S/C13H10O.C12H23P/c1-2-6-11-10(5-1)9-14-13-8-4-3-7-12(11)13;1-3-7-11(8-4-1)13-12-9-5-2-6-10-12/h1-8H,9H2;11-13H,1-10H2. The molecule has 0 radical (unpaired) electrons. The van der Waals surface area contributed by atoms with E-state index in [0.717, 1.165) is 17.1 Å². The molecule has 2 aromatic rings. The van der Waals surface area contributed by atoms with Crippen LogP contribution in [0.4, 0.5) is 0 Å². The lowest BCUT2D eigenvalue weighted by molar-refractivity contribution is 0.302. The Balaban J connectivity index is 0.000000134. The van der Waals surface area contributed by atoms with Crippen LogP contribution in [0, 0.1) is 0 Å². The highest BCUT2D eigenvalue weighted by Crippen LogP contribution is 2.41. The number of hydrogen-bond donors (Lipinski definition) is 0. The second-order valence-corrected chi connectivity index (χ2v) is 10.2. The summed E-state index contributed by atoms with van der Waals surface area (Å²) in [6.07, 6.45) is 15.4. The highest BCUT2D eigenvalue weighted by molar-refractivity contribution is 7.39. The van der Waals surface area contributed by atoms with Crippen LogP contribution in [0.25, 0.3) is 11.1 Å². The predicted molar refractivity (Wildman–Crippen MR) is 118 cm³/mol. The van der Waals surface area contributed by atoms with Gasteiger partial charge in [-0.15, -0.1) is 8.58 Å². The molecular weight excluding hydrogens is 347 g/mol. The summed E-state index contributed by atoms with van der Waals surface area (Å²) in [5, 5.41) is 0. The van der Waals surface area contributed by atoms with Crippen molar-refractivity contribution in [2.75, 3.05) is 0 Å². The summed E-state index contributed by atoms with van der Waals surface area (Å²) in [4.78, 5) is 0. The van der Waals surface area contributed by atoms with E-state index in [0.29, 0.717) is 6.61 Å². The third kappa shape index (κ3) is 5.14. The molecule has 0 spiro atoms. The van der Waals surface area contributed by atoms with Crippen molar-refractivity contribution in [1.82, 2.24) is 0 Å². The van der Waals surface area contributed by atoms with Gasteiger partial charge >= 0.3 is 0 Å². The second-order valence-electron chi connectivity index (χ2n) is 8.28. The van der Waals surface area contributed by atoms with Crippen LogP contribution < -0.4 is 4.74 Å². The molecule has 0 atom stereocenters. The largest absolute Gasteiger partial charge is 0.488 e. The number of para-hydroxylation sites is 1. The average Bonchev–Trinajstić information content (AvgIpc) is 2.76. The normalized spacial score (nSPS) is 19.9. The van der Waals surface area contributed by atoms with Gasteiger partial charge in [-0.1, -0.05) is 81.0 Å². The zero-order chi connectivity index (χ0) is 18.3. The van der Waals surface area contributed by atoms with Crippen LogP contribution in [0.5, 0.6) is 5.75 Å². The fourth-order valence-electron chi connectivity index (χ4n) is 4.75. The van der Waals surface area contributed by atoms with Crippen molar-refractivity contribution < 1.29 is 4.74 Å². The third-order valence-corrected chi connectivity index (χ3v) is 8.36. The van der Waals surface area contributed by atoms with Gasteiger partial charge in [0.2, 0.25) is 0 Å². The average molecular weight is 381 g/mol. The molecular formula is C25H33OP. The first-order chi connectivity index (χ1) is 13.4. The number of hydrogen-bond acceptors (Lipinski definition) is 1. The van der Waals surface area contributed by atoms with Crippen LogP contribution in [-0.2, 0) is 6.61 Å². The smallest absolute Gasteiger partial charge is 0.127 e. The Morgan fingerprint density at radius 3 is 1.85 bits per heavy atom. The van der Waals surface area contributed by atoms with Crippen molar-refractivity contribution in [3.05, 3.63) is 54.1 Å². The van der Waals surface area contributed by atoms with Crippen molar-refractivity contribution in [3.8, 4) is 16.9 Å². The Hall–Kier alpha value is -1.33. The summed E-state index contributed by atoms with van der Waals surface area (Å²) in [6, 6.07) is 16.6. The predicted octanol–water partition coefficient (Wildman–Crippen LogP) is 7.58. The maximum Gasteiger partial charge on any atom is 0.127 e. The molecule has 5 rings (SSSR count). The first kappa shape index (κ1) is 19.0. The van der Waals surface area contributed by atoms with E-state index in [1.807, 2.05) is 18.2 Å². The molecule has 1 heterocycles. The fourth-order valence-corrected chi connectivity index (χ4v) is 6.90. The minimum atomic E-state index is 0.688. The van der Waals surface area contributed by atoms with Gasteiger partial charge < -0.3 is 4.74 Å². The van der Waals surface area contributed by atoms with Crippen molar-refractivity contribution in [3.63, 3.8) is 0 Å². The topological polar surface area (TPSA) is 9.23 Å². The summed E-state index contributed by atoms with van der Waals surface area (Å²) >= 11 is 0. The zero-order valence-corrected chi connectivity index (χ0v) is 17.5. The Morgan fingerprint density at radius 2 is 1.19 bits per heavy atom. The van der Waals surface area contributed by atoms with Gasteiger partial charge in [0.15, 0.2) is 0 Å². The first-order valence-corrected chi connectivity index (χ1v) is 12.1. The first-order valence-electron chi connectivity index (χ1n) is 11.0. The number of rotatable bonds is 2. The minimum absolute atomic E-state index is 0.688. The van der Waals surface area contributed by atoms with Crippen LogP contribution in [0.2, 0.25) is 0 Å². The van der Waals surface area contributed by atoms with Gasteiger partial charge in [0, 0.05) is 5.56 Å². The van der Waals surface area contributed by atoms with E-state index in [2.05, 4.69) is 30.3 Å². The monoisotopic (exact) mass is 380 g/mol. The van der Waals surface area contributed by atoms with Crippen LogP contribution in [0.3, 0.4) is 0 Å². The highest BCUT2D eigenvalue weighted by Gasteiger charge is 2.20. The summed E-state index contributed by atoms with van der Waals surface area (Å²) in [5.41, 5.74) is 6.07. The molecule has 0 aromatic heterocycles. The van der Waals surface area contributed by atoms with Crippen molar-refractivity contribution in [1.29, 1.82) is 0 Å². The Labute approximate surface area is 166 Å². The van der Waals surface area contributed by atoms with Gasteiger partial charge in [0.05, 0.1) is 0 Å². The van der Waals surface area contributed by atoms with E-state index < -0.39 is 0 Å². The van der Waals surface area contributed by atoms with E-state index in [4.69, 9.17) is 4.74 Å². The van der Waals surface area contributed by atoms with Gasteiger partial charge in [0.25, 0.3) is 0 Å². The molecule has 2 saturated carbocycles. The van der Waals surface area contributed by atoms with Crippen LogP contribution in [-0.4, -0.2) is 11.3 Å². The van der Waals surface area contributed by atoms with E-state index in [1.54, 1.807) is 25.7 Å². The summed E-state index contributed by atoms with van der Waals surface area (Å²) in [6.45, 7) is 0.688. The highest BCUT2D eigenvalue weighted by atomic mass is 31.1. The van der Waals surface area contributed by atoms with E-state index >= 15 is 0 Å². The molecule has 2 aliphatic carbocycles. The number of ether oxygens (including phenoxy) is 1. The SMILES string of the molecule is C1CCC(PC2CCCCC2)CC1.c1ccc2c(c1)COc1ccccc1-2. The molecule has 1 nitrogen and oxygen atoms in total. The van der Waals surface area contributed by atoms with Crippen LogP contribution in [0.1, 0.15) is 69.8 Å². The fraction of sp³-hybridized carbons (Fsp3) is 0.520. The lowest BCUT2D eigenvalue weighted by atomic mass is 9.97. The van der Waals surface area contributed by atoms with E-state index in [9.17, 15) is 0 Å². The summed E-state index contributed by atoms with van der Waals surface area (Å²) in [7, 11) is 1.33. The molecule has 1 aliphatic heterocycles. The lowest BCUT2D eigenvalue weighted by Gasteiger charge is -2.28. The molecule has 0 saturated heterocycles. The Bertz CT molecular complexity index is 652. The molecule has 0 amide bonds. The maximum atomic E-state index is 5.65. The Kier molecular flexibility index (Phi) is 6.86. The van der Waals surface area contributed by atoms with Crippen molar-refractivity contribution in [2.24, 2.45) is 0 Å². The molecule has 2 aromatic carbocycles. The minimum Gasteiger partial charge on any atom is -0.488 e. The number of benzene rings is 2. The van der Waals surface area contributed by atoms with E-state index in [-0.39, 0.29) is 0 Å². The molecule has 144 valence electrons. The summed E-state index contributed by atoms with van der Waals surface area (Å²) in [5.74, 6) is 0.992. The maximum absolute atomic E-state index is 5.65. The van der Waals surface area contributed by atoms with Crippen molar-refractivity contribution in [2.45, 2.75) is 82.1 Å². The Morgan fingerprint density at radius 1 is 0.630 bits per heavy atom.